The summed E-state index contributed by atoms with van der Waals surface area (Å²) in [4.78, 5) is 44.4. The van der Waals surface area contributed by atoms with Crippen molar-refractivity contribution in [3.63, 3.8) is 0 Å². The number of nitro groups is 1. The average molecular weight is 636 g/mol. The summed E-state index contributed by atoms with van der Waals surface area (Å²) in [6.07, 6.45) is 6.61. The first kappa shape index (κ1) is 38.4. The zero-order chi connectivity index (χ0) is 32.1. The van der Waals surface area contributed by atoms with E-state index >= 15 is 0 Å². The predicted molar refractivity (Wildman–Crippen MR) is 158 cm³/mol. The summed E-state index contributed by atoms with van der Waals surface area (Å²) < 4.78 is 43.7. The lowest BCUT2D eigenvalue weighted by Crippen LogP contribution is -2.37. The third-order valence-corrected chi connectivity index (χ3v) is 6.94. The van der Waals surface area contributed by atoms with Gasteiger partial charge in [-0.05, 0) is 18.6 Å². The van der Waals surface area contributed by atoms with Crippen molar-refractivity contribution in [1.29, 1.82) is 0 Å². The van der Waals surface area contributed by atoms with Crippen LogP contribution in [-0.4, -0.2) is 93.3 Å². The predicted octanol–water partition coefficient (Wildman–Crippen LogP) is 5.41. The fourth-order valence-corrected chi connectivity index (χ4v) is 4.28. The second-order valence-corrected chi connectivity index (χ2v) is 12.4. The molecule has 0 saturated heterocycles. The Bertz CT molecular complexity index is 1000. The fourth-order valence-electron chi connectivity index (χ4n) is 3.54. The number of benzene rings is 1. The smallest absolute Gasteiger partial charge is 0.457 e. The van der Waals surface area contributed by atoms with Crippen LogP contribution < -0.4 is 4.74 Å². The number of quaternary nitrogens is 1. The molecule has 14 nitrogen and oxygen atoms in total. The van der Waals surface area contributed by atoms with Crippen LogP contribution in [0.2, 0.25) is 0 Å². The van der Waals surface area contributed by atoms with Gasteiger partial charge >= 0.3 is 19.9 Å². The van der Waals surface area contributed by atoms with Crippen molar-refractivity contribution in [2.24, 2.45) is 0 Å². The summed E-state index contributed by atoms with van der Waals surface area (Å²) in [6, 6.07) is 4.80. The molecule has 0 aliphatic carbocycles. The Morgan fingerprint density at radius 1 is 0.930 bits per heavy atom. The quantitative estimate of drug-likeness (QED) is 0.0292. The maximum atomic E-state index is 12.4. The first-order valence-electron chi connectivity index (χ1n) is 14.6. The van der Waals surface area contributed by atoms with E-state index in [9.17, 15) is 29.2 Å². The number of ether oxygens (including phenoxy) is 4. The van der Waals surface area contributed by atoms with E-state index in [1.807, 2.05) is 21.1 Å². The number of phosphoric ester groups is 1. The molecule has 43 heavy (non-hydrogen) atoms. The van der Waals surface area contributed by atoms with Gasteiger partial charge in [0.15, 0.2) is 0 Å². The number of nitrogens with zero attached hydrogens (tertiary/aromatic N) is 2. The molecule has 1 aromatic rings. The topological polar surface area (TPSA) is 170 Å². The van der Waals surface area contributed by atoms with Gasteiger partial charge in [0, 0.05) is 18.7 Å². The van der Waals surface area contributed by atoms with Gasteiger partial charge in [-0.25, -0.2) is 9.36 Å². The lowest BCUT2D eigenvalue weighted by atomic mass is 10.1. The van der Waals surface area contributed by atoms with Crippen molar-refractivity contribution in [3.8, 4) is 5.75 Å². The maximum absolute atomic E-state index is 12.4. The van der Waals surface area contributed by atoms with Crippen LogP contribution >= 0.6 is 7.82 Å². The molecule has 0 aliphatic rings. The third kappa shape index (κ3) is 20.9. The number of nitro benzene ring substituents is 1. The van der Waals surface area contributed by atoms with E-state index in [1.54, 1.807) is 0 Å². The van der Waals surface area contributed by atoms with E-state index in [2.05, 4.69) is 6.92 Å². The molecule has 0 saturated carbocycles. The Morgan fingerprint density at radius 2 is 1.56 bits per heavy atom. The lowest BCUT2D eigenvalue weighted by Gasteiger charge is -2.24. The maximum Gasteiger partial charge on any atom is 0.513 e. The largest absolute Gasteiger partial charge is 0.513 e. The van der Waals surface area contributed by atoms with Crippen LogP contribution in [0.3, 0.4) is 0 Å². The molecular weight excluding hydrogens is 587 g/mol. The third-order valence-electron chi connectivity index (χ3n) is 5.96. The Morgan fingerprint density at radius 3 is 2.16 bits per heavy atom. The molecule has 0 fully saturated rings. The molecule has 0 spiro atoms. The zero-order valence-corrected chi connectivity index (χ0v) is 26.7. The second kappa shape index (κ2) is 21.2. The number of rotatable bonds is 24. The molecular formula is C28H48N2O12P+. The molecule has 0 aliphatic heterocycles. The van der Waals surface area contributed by atoms with Crippen molar-refractivity contribution >= 4 is 25.6 Å². The van der Waals surface area contributed by atoms with Gasteiger partial charge in [0.1, 0.15) is 31.6 Å². The number of esters is 1. The van der Waals surface area contributed by atoms with Crippen LogP contribution in [0.5, 0.6) is 5.75 Å². The number of carbonyl (C=O) groups excluding carboxylic acids is 2. The minimum atomic E-state index is -4.40. The van der Waals surface area contributed by atoms with E-state index in [4.69, 9.17) is 28.0 Å². The fraction of sp³-hybridized carbons (Fsp3) is 0.714. The number of phosphoric acid groups is 1. The van der Waals surface area contributed by atoms with Crippen LogP contribution in [0.25, 0.3) is 0 Å². The molecule has 2 atom stereocenters. The summed E-state index contributed by atoms with van der Waals surface area (Å²) in [7, 11) is 1.32. The van der Waals surface area contributed by atoms with Gasteiger partial charge < -0.3 is 28.3 Å². The van der Waals surface area contributed by atoms with Crippen LogP contribution in [-0.2, 0) is 32.6 Å². The summed E-state index contributed by atoms with van der Waals surface area (Å²) >= 11 is 0. The van der Waals surface area contributed by atoms with Gasteiger partial charge in [-0.2, -0.15) is 0 Å². The van der Waals surface area contributed by atoms with Crippen LogP contribution in [0, 0.1) is 10.1 Å². The van der Waals surface area contributed by atoms with Gasteiger partial charge in [-0.1, -0.05) is 51.9 Å². The molecule has 1 unspecified atom stereocenters. The highest BCUT2D eigenvalue weighted by Gasteiger charge is 2.26. The molecule has 246 valence electrons. The molecule has 1 N–H and O–H groups in total. The lowest BCUT2D eigenvalue weighted by molar-refractivity contribution is -0.870. The van der Waals surface area contributed by atoms with Crippen LogP contribution in [0.1, 0.15) is 64.7 Å². The molecule has 0 bridgehead atoms. The normalized spacial score (nSPS) is 13.6. The molecule has 0 amide bonds. The van der Waals surface area contributed by atoms with E-state index in [-0.39, 0.29) is 37.7 Å². The molecule has 0 aromatic heterocycles. The Hall–Kier alpha value is -2.61. The van der Waals surface area contributed by atoms with E-state index in [0.717, 1.165) is 19.3 Å². The van der Waals surface area contributed by atoms with Crippen molar-refractivity contribution in [2.45, 2.75) is 70.8 Å². The van der Waals surface area contributed by atoms with E-state index in [1.165, 1.54) is 56.4 Å². The minimum Gasteiger partial charge on any atom is -0.457 e. The Balaban J connectivity index is 2.49. The minimum absolute atomic E-state index is 0.00993. The van der Waals surface area contributed by atoms with Gasteiger partial charge in [0.05, 0.1) is 45.7 Å². The first-order valence-corrected chi connectivity index (χ1v) is 16.1. The Kier molecular flexibility index (Phi) is 18.9. The van der Waals surface area contributed by atoms with Gasteiger partial charge in [-0.3, -0.25) is 24.0 Å². The number of hydrogen-bond donors (Lipinski definition) is 1. The summed E-state index contributed by atoms with van der Waals surface area (Å²) in [6.45, 7) is 2.20. The van der Waals surface area contributed by atoms with Crippen LogP contribution in [0.4, 0.5) is 10.5 Å². The van der Waals surface area contributed by atoms with Crippen molar-refractivity contribution in [1.82, 2.24) is 0 Å². The highest BCUT2D eigenvalue weighted by atomic mass is 31.2. The monoisotopic (exact) mass is 635 g/mol. The van der Waals surface area contributed by atoms with Crippen molar-refractivity contribution in [3.05, 3.63) is 34.4 Å². The number of hydrogen-bond acceptors (Lipinski definition) is 11. The van der Waals surface area contributed by atoms with Crippen molar-refractivity contribution < 1.29 is 56.4 Å². The summed E-state index contributed by atoms with van der Waals surface area (Å²) in [5.41, 5.74) is -0.169. The van der Waals surface area contributed by atoms with E-state index in [0.29, 0.717) is 17.6 Å². The number of carbonyl (C=O) groups is 2. The first-order chi connectivity index (χ1) is 20.3. The summed E-state index contributed by atoms with van der Waals surface area (Å²) in [5.74, 6) is -0.729. The molecule has 0 heterocycles. The standard InChI is InChI=1S/C28H47N2O12P/c1-5-6-7-8-9-10-11-12-19-37-22-26(23-40-43(35,36)39-21-18-30(2,3)4)41-27(31)17-20-38-28(32)42-25-15-13-24(14-16-25)29(33)34/h13-16,26H,5-12,17-23H2,1-4H3/p+1/t26-/m1/s1. The molecule has 15 heteroatoms. The summed E-state index contributed by atoms with van der Waals surface area (Å²) in [5, 5.41) is 10.7. The molecule has 0 radical (unpaired) electrons. The average Bonchev–Trinajstić information content (AvgIpc) is 2.92. The molecule has 1 aromatic carbocycles. The highest BCUT2D eigenvalue weighted by molar-refractivity contribution is 7.47. The van der Waals surface area contributed by atoms with Crippen molar-refractivity contribution in [2.75, 3.05) is 60.7 Å². The number of unbranched alkanes of at least 4 members (excludes halogenated alkanes) is 7. The number of likely N-dealkylation sites (N-methyl/N-ethyl adjacent to an activating group) is 1. The van der Waals surface area contributed by atoms with Gasteiger partial charge in [0.2, 0.25) is 0 Å². The zero-order valence-electron chi connectivity index (χ0n) is 25.8. The van der Waals surface area contributed by atoms with Gasteiger partial charge in [-0.15, -0.1) is 0 Å². The van der Waals surface area contributed by atoms with E-state index < -0.39 is 37.6 Å². The second-order valence-electron chi connectivity index (χ2n) is 11.0. The Labute approximate surface area is 253 Å². The highest BCUT2D eigenvalue weighted by Crippen LogP contribution is 2.43. The number of non-ortho nitro benzene ring substituents is 1. The van der Waals surface area contributed by atoms with Crippen LogP contribution in [0.15, 0.2) is 24.3 Å². The SMILES string of the molecule is CCCCCCCCCCOC[C@H](COP(=O)(O)OCC[N+](C)(C)C)OC(=O)CCOC(=O)Oc1ccc([N+](=O)[O-])cc1. The van der Waals surface area contributed by atoms with Gasteiger partial charge in [0.25, 0.3) is 5.69 Å². The molecule has 1 rings (SSSR count).